The lowest BCUT2D eigenvalue weighted by Crippen LogP contribution is -1.95. The largest absolute Gasteiger partial charge is 0.481 e. The van der Waals surface area contributed by atoms with E-state index in [-0.39, 0.29) is 28.2 Å². The summed E-state index contributed by atoms with van der Waals surface area (Å²) in [6.45, 7) is 0. The number of benzene rings is 1. The Morgan fingerprint density at radius 3 is 2.52 bits per heavy atom. The van der Waals surface area contributed by atoms with Crippen LogP contribution in [-0.4, -0.2) is 21.3 Å². The second kappa shape index (κ2) is 6.75. The van der Waals surface area contributed by atoms with Gasteiger partial charge >= 0.3 is 5.97 Å². The van der Waals surface area contributed by atoms with Crippen molar-refractivity contribution in [2.45, 2.75) is 25.7 Å². The number of carboxylic acid groups (broad SMARTS) is 1. The molecule has 0 spiro atoms. The maximum Gasteiger partial charge on any atom is 0.303 e. The van der Waals surface area contributed by atoms with Gasteiger partial charge in [0.2, 0.25) is 5.89 Å². The van der Waals surface area contributed by atoms with E-state index < -0.39 is 17.6 Å². The van der Waals surface area contributed by atoms with Crippen LogP contribution in [0.15, 0.2) is 21.0 Å². The number of unbranched alkanes of at least 4 members (excludes halogenated alkanes) is 1. The monoisotopic (exact) mass is 360 g/mol. The van der Waals surface area contributed by atoms with E-state index in [4.69, 9.17) is 9.52 Å². The highest BCUT2D eigenvalue weighted by Gasteiger charge is 2.18. The zero-order chi connectivity index (χ0) is 15.4. The summed E-state index contributed by atoms with van der Waals surface area (Å²) in [6.07, 6.45) is 1.42. The Bertz CT molecular complexity index is 638. The summed E-state index contributed by atoms with van der Waals surface area (Å²) in [7, 11) is 0. The molecular formula is C13H11BrF2N2O3. The molecule has 2 aromatic rings. The van der Waals surface area contributed by atoms with Crippen molar-refractivity contribution in [2.75, 3.05) is 0 Å². The Morgan fingerprint density at radius 2 is 1.90 bits per heavy atom. The lowest BCUT2D eigenvalue weighted by molar-refractivity contribution is -0.137. The molecule has 0 radical (unpaired) electrons. The second-order valence-corrected chi connectivity index (χ2v) is 5.26. The Kier molecular flexibility index (Phi) is 5.00. The molecule has 1 N–H and O–H groups in total. The summed E-state index contributed by atoms with van der Waals surface area (Å²) in [5.41, 5.74) is -0.373. The van der Waals surface area contributed by atoms with Crippen LogP contribution in [0, 0.1) is 11.6 Å². The Balaban J connectivity index is 2.08. The first-order valence-electron chi connectivity index (χ1n) is 6.16. The van der Waals surface area contributed by atoms with Crippen LogP contribution in [0.5, 0.6) is 0 Å². The summed E-state index contributed by atoms with van der Waals surface area (Å²) in [4.78, 5) is 10.4. The maximum absolute atomic E-state index is 13.7. The molecule has 0 aliphatic carbocycles. The van der Waals surface area contributed by atoms with Gasteiger partial charge in [0.05, 0.1) is 0 Å². The highest BCUT2D eigenvalue weighted by molar-refractivity contribution is 9.10. The third kappa shape index (κ3) is 4.07. The molecule has 8 heteroatoms. The van der Waals surface area contributed by atoms with Gasteiger partial charge in [-0.3, -0.25) is 4.79 Å². The zero-order valence-electron chi connectivity index (χ0n) is 10.8. The van der Waals surface area contributed by atoms with Gasteiger partial charge in [0.25, 0.3) is 5.89 Å². The fraction of sp³-hybridized carbons (Fsp3) is 0.308. The van der Waals surface area contributed by atoms with Crippen molar-refractivity contribution in [1.29, 1.82) is 0 Å². The molecule has 1 aromatic heterocycles. The van der Waals surface area contributed by atoms with Crippen LogP contribution in [0.1, 0.15) is 25.2 Å². The minimum absolute atomic E-state index is 0.0525. The zero-order valence-corrected chi connectivity index (χ0v) is 12.4. The molecule has 0 aliphatic rings. The number of hydrogen-bond acceptors (Lipinski definition) is 4. The minimum atomic E-state index is -0.875. The fourth-order valence-corrected chi connectivity index (χ4v) is 2.16. The number of carbonyl (C=O) groups is 1. The van der Waals surface area contributed by atoms with Gasteiger partial charge in [-0.05, 0) is 25.0 Å². The average Bonchev–Trinajstić information content (AvgIpc) is 2.81. The summed E-state index contributed by atoms with van der Waals surface area (Å²) < 4.78 is 33.0. The normalized spacial score (nSPS) is 10.8. The molecular weight excluding hydrogens is 350 g/mol. The van der Waals surface area contributed by atoms with Gasteiger partial charge in [0.15, 0.2) is 0 Å². The average molecular weight is 361 g/mol. The van der Waals surface area contributed by atoms with E-state index in [0.29, 0.717) is 19.3 Å². The third-order valence-corrected chi connectivity index (χ3v) is 3.18. The number of halogens is 3. The summed E-state index contributed by atoms with van der Waals surface area (Å²) >= 11 is 2.98. The van der Waals surface area contributed by atoms with E-state index in [9.17, 15) is 13.6 Å². The van der Waals surface area contributed by atoms with E-state index in [0.717, 1.165) is 12.1 Å². The Hall–Kier alpha value is -1.83. The van der Waals surface area contributed by atoms with Crippen molar-refractivity contribution in [3.8, 4) is 11.5 Å². The van der Waals surface area contributed by atoms with Gasteiger partial charge in [0, 0.05) is 17.3 Å². The lowest BCUT2D eigenvalue weighted by atomic mass is 10.2. The highest BCUT2D eigenvalue weighted by atomic mass is 79.9. The van der Waals surface area contributed by atoms with E-state index in [1.54, 1.807) is 0 Å². The van der Waals surface area contributed by atoms with Crippen molar-refractivity contribution in [2.24, 2.45) is 0 Å². The highest BCUT2D eigenvalue weighted by Crippen LogP contribution is 2.28. The van der Waals surface area contributed by atoms with E-state index in [1.165, 1.54) is 0 Å². The Labute approximate surface area is 127 Å². The molecule has 0 amide bonds. The van der Waals surface area contributed by atoms with Crippen LogP contribution in [0.25, 0.3) is 11.5 Å². The molecule has 0 aliphatic heterocycles. The van der Waals surface area contributed by atoms with Crippen molar-refractivity contribution in [1.82, 2.24) is 10.2 Å². The summed E-state index contributed by atoms with van der Waals surface area (Å²) in [5.74, 6) is -2.49. The molecule has 1 heterocycles. The van der Waals surface area contributed by atoms with Crippen LogP contribution in [-0.2, 0) is 11.2 Å². The smallest absolute Gasteiger partial charge is 0.303 e. The van der Waals surface area contributed by atoms with Gasteiger partial charge in [-0.25, -0.2) is 8.78 Å². The molecule has 21 heavy (non-hydrogen) atoms. The van der Waals surface area contributed by atoms with Crippen molar-refractivity contribution < 1.29 is 23.1 Å². The molecule has 0 fully saturated rings. The number of aryl methyl sites for hydroxylation is 1. The number of aliphatic carboxylic acids is 1. The van der Waals surface area contributed by atoms with Crippen LogP contribution in [0.4, 0.5) is 8.78 Å². The number of nitrogens with zero attached hydrogens (tertiary/aromatic N) is 2. The standard InChI is InChI=1S/C13H11BrF2N2O3/c14-7-5-8(15)12(9(16)6-7)13-18-17-10(21-13)3-1-2-4-11(19)20/h5-6H,1-4H2,(H,19,20). The van der Waals surface area contributed by atoms with Crippen molar-refractivity contribution in [3.05, 3.63) is 34.1 Å². The lowest BCUT2D eigenvalue weighted by Gasteiger charge is -2.00. The van der Waals surface area contributed by atoms with E-state index >= 15 is 0 Å². The fourth-order valence-electron chi connectivity index (χ4n) is 1.75. The first-order valence-corrected chi connectivity index (χ1v) is 6.95. The maximum atomic E-state index is 13.7. The number of aromatic nitrogens is 2. The van der Waals surface area contributed by atoms with Crippen LogP contribution in [0.2, 0.25) is 0 Å². The molecule has 0 saturated heterocycles. The molecule has 112 valence electrons. The van der Waals surface area contributed by atoms with Crippen LogP contribution < -0.4 is 0 Å². The number of rotatable bonds is 6. The van der Waals surface area contributed by atoms with Gasteiger partial charge in [-0.15, -0.1) is 10.2 Å². The molecule has 2 rings (SSSR count). The molecule has 0 bridgehead atoms. The van der Waals surface area contributed by atoms with Crippen LogP contribution >= 0.6 is 15.9 Å². The SMILES string of the molecule is O=C(O)CCCCc1nnc(-c2c(F)cc(Br)cc2F)o1. The van der Waals surface area contributed by atoms with Crippen molar-refractivity contribution >= 4 is 21.9 Å². The molecule has 0 saturated carbocycles. The summed E-state index contributed by atoms with van der Waals surface area (Å²) in [5, 5.41) is 15.8. The first kappa shape index (κ1) is 15.6. The predicted molar refractivity (Wildman–Crippen MR) is 72.5 cm³/mol. The summed E-state index contributed by atoms with van der Waals surface area (Å²) in [6, 6.07) is 2.21. The topological polar surface area (TPSA) is 76.2 Å². The van der Waals surface area contributed by atoms with Gasteiger partial charge < -0.3 is 9.52 Å². The quantitative estimate of drug-likeness (QED) is 0.796. The number of hydrogen-bond donors (Lipinski definition) is 1. The van der Waals surface area contributed by atoms with Gasteiger partial charge in [0.1, 0.15) is 17.2 Å². The van der Waals surface area contributed by atoms with Gasteiger partial charge in [-0.2, -0.15) is 0 Å². The molecule has 5 nitrogen and oxygen atoms in total. The Morgan fingerprint density at radius 1 is 1.24 bits per heavy atom. The third-order valence-electron chi connectivity index (χ3n) is 2.72. The van der Waals surface area contributed by atoms with E-state index in [1.807, 2.05) is 0 Å². The van der Waals surface area contributed by atoms with Crippen molar-refractivity contribution in [3.63, 3.8) is 0 Å². The molecule has 0 unspecified atom stereocenters. The second-order valence-electron chi connectivity index (χ2n) is 4.35. The predicted octanol–water partition coefficient (Wildman–Crippen LogP) is 3.57. The first-order chi connectivity index (χ1) is 9.97. The molecule has 1 aromatic carbocycles. The molecule has 0 atom stereocenters. The van der Waals surface area contributed by atoms with Gasteiger partial charge in [-0.1, -0.05) is 15.9 Å². The van der Waals surface area contributed by atoms with E-state index in [2.05, 4.69) is 26.1 Å². The minimum Gasteiger partial charge on any atom is -0.481 e. The number of carboxylic acids is 1. The van der Waals surface area contributed by atoms with Crippen LogP contribution in [0.3, 0.4) is 0 Å².